The number of rotatable bonds is 5. The van der Waals surface area contributed by atoms with Gasteiger partial charge in [0.25, 0.3) is 0 Å². The third kappa shape index (κ3) is 3.76. The Morgan fingerprint density at radius 3 is 2.38 bits per heavy atom. The number of carbonyl (C=O) groups excluding carboxylic acids is 1. The van der Waals surface area contributed by atoms with Crippen LogP contribution in [-0.2, 0) is 4.79 Å². The molecule has 2 aliphatic rings. The van der Waals surface area contributed by atoms with E-state index in [0.717, 1.165) is 26.2 Å². The molecule has 0 radical (unpaired) electrons. The smallest absolute Gasteiger partial charge is 0.234 e. The lowest BCUT2D eigenvalue weighted by Crippen LogP contribution is -2.49. The summed E-state index contributed by atoms with van der Waals surface area (Å²) in [6.07, 6.45) is 3.58. The van der Waals surface area contributed by atoms with Crippen LogP contribution in [0.4, 0.5) is 0 Å². The van der Waals surface area contributed by atoms with Crippen molar-refractivity contribution < 1.29 is 4.79 Å². The van der Waals surface area contributed by atoms with Gasteiger partial charge in [-0.3, -0.25) is 9.69 Å². The van der Waals surface area contributed by atoms with Crippen LogP contribution in [-0.4, -0.2) is 61.0 Å². The van der Waals surface area contributed by atoms with E-state index in [1.165, 1.54) is 25.8 Å². The lowest BCUT2D eigenvalue weighted by molar-refractivity contribution is -0.122. The molecule has 92 valence electrons. The van der Waals surface area contributed by atoms with Crippen LogP contribution < -0.4 is 5.32 Å². The first-order chi connectivity index (χ1) is 7.78. The average molecular weight is 225 g/mol. The van der Waals surface area contributed by atoms with Crippen LogP contribution in [0.2, 0.25) is 0 Å². The summed E-state index contributed by atoms with van der Waals surface area (Å²) in [5, 5.41) is 3.04. The quantitative estimate of drug-likeness (QED) is 0.730. The number of hydrogen-bond acceptors (Lipinski definition) is 3. The topological polar surface area (TPSA) is 35.6 Å². The van der Waals surface area contributed by atoms with Gasteiger partial charge in [-0.25, -0.2) is 0 Å². The zero-order chi connectivity index (χ0) is 11.4. The van der Waals surface area contributed by atoms with E-state index in [-0.39, 0.29) is 5.91 Å². The van der Waals surface area contributed by atoms with Gasteiger partial charge in [0.15, 0.2) is 0 Å². The van der Waals surface area contributed by atoms with Gasteiger partial charge in [0, 0.05) is 32.2 Å². The molecule has 1 N–H and O–H groups in total. The average Bonchev–Trinajstić information content (AvgIpc) is 3.05. The third-order valence-electron chi connectivity index (χ3n) is 3.31. The summed E-state index contributed by atoms with van der Waals surface area (Å²) in [5.74, 6) is 0.214. The second kappa shape index (κ2) is 5.64. The highest BCUT2D eigenvalue weighted by atomic mass is 16.2. The number of nitrogens with one attached hydrogen (secondary N) is 1. The first-order valence-electron chi connectivity index (χ1n) is 6.52. The Labute approximate surface area is 98.0 Å². The van der Waals surface area contributed by atoms with E-state index in [4.69, 9.17) is 0 Å². The van der Waals surface area contributed by atoms with Crippen molar-refractivity contribution in [2.24, 2.45) is 0 Å². The van der Waals surface area contributed by atoms with Crippen LogP contribution in [0.1, 0.15) is 26.2 Å². The van der Waals surface area contributed by atoms with Gasteiger partial charge in [-0.05, 0) is 25.8 Å². The molecule has 0 spiro atoms. The van der Waals surface area contributed by atoms with E-state index >= 15 is 0 Å². The Morgan fingerprint density at radius 1 is 1.19 bits per heavy atom. The summed E-state index contributed by atoms with van der Waals surface area (Å²) in [6, 6.07) is 0.494. The molecule has 1 amide bonds. The zero-order valence-corrected chi connectivity index (χ0v) is 10.2. The van der Waals surface area contributed by atoms with Crippen molar-refractivity contribution in [3.8, 4) is 0 Å². The monoisotopic (exact) mass is 225 g/mol. The zero-order valence-electron chi connectivity index (χ0n) is 10.2. The molecule has 1 aliphatic heterocycles. The molecule has 1 saturated heterocycles. The van der Waals surface area contributed by atoms with E-state index in [1.54, 1.807) is 0 Å². The Bertz CT molecular complexity index is 232. The fraction of sp³-hybridized carbons (Fsp3) is 0.917. The molecule has 0 aromatic heterocycles. The summed E-state index contributed by atoms with van der Waals surface area (Å²) in [5.41, 5.74) is 0. The van der Waals surface area contributed by atoms with Gasteiger partial charge < -0.3 is 10.2 Å². The van der Waals surface area contributed by atoms with Gasteiger partial charge in [-0.2, -0.15) is 0 Å². The Kier molecular flexibility index (Phi) is 4.18. The van der Waals surface area contributed by atoms with Crippen LogP contribution in [0.15, 0.2) is 0 Å². The number of hydrogen-bond donors (Lipinski definition) is 1. The minimum atomic E-state index is 0.214. The van der Waals surface area contributed by atoms with Gasteiger partial charge >= 0.3 is 0 Å². The summed E-state index contributed by atoms with van der Waals surface area (Å²) < 4.78 is 0. The first kappa shape index (κ1) is 11.9. The summed E-state index contributed by atoms with van der Waals surface area (Å²) in [6.45, 7) is 8.32. The van der Waals surface area contributed by atoms with Crippen LogP contribution in [0.3, 0.4) is 0 Å². The minimum Gasteiger partial charge on any atom is -0.352 e. The highest BCUT2D eigenvalue weighted by molar-refractivity contribution is 5.78. The molecule has 0 aromatic carbocycles. The summed E-state index contributed by atoms with van der Waals surface area (Å²) >= 11 is 0. The molecule has 0 atom stereocenters. The van der Waals surface area contributed by atoms with E-state index in [1.807, 2.05) is 0 Å². The largest absolute Gasteiger partial charge is 0.352 e. The molecular weight excluding hydrogens is 202 g/mol. The van der Waals surface area contributed by atoms with Crippen molar-refractivity contribution in [1.82, 2.24) is 15.1 Å². The van der Waals surface area contributed by atoms with Crippen LogP contribution in [0, 0.1) is 0 Å². The Morgan fingerprint density at radius 2 is 1.81 bits per heavy atom. The second-order valence-electron chi connectivity index (χ2n) is 4.96. The number of amides is 1. The molecule has 0 bridgehead atoms. The molecular formula is C12H23N3O. The standard InChI is InChI=1S/C12H23N3O/c1-2-5-14-6-8-15(9-7-14)10-12(16)13-11-3-4-11/h11H,2-10H2,1H3,(H,13,16). The van der Waals surface area contributed by atoms with Crippen molar-refractivity contribution in [3.63, 3.8) is 0 Å². The third-order valence-corrected chi connectivity index (χ3v) is 3.31. The molecule has 1 aliphatic carbocycles. The maximum Gasteiger partial charge on any atom is 0.234 e. The maximum atomic E-state index is 11.6. The molecule has 2 fully saturated rings. The molecule has 2 rings (SSSR count). The number of carbonyl (C=O) groups is 1. The molecule has 1 heterocycles. The van der Waals surface area contributed by atoms with E-state index in [2.05, 4.69) is 22.0 Å². The van der Waals surface area contributed by atoms with Crippen molar-refractivity contribution in [2.45, 2.75) is 32.2 Å². The number of piperazine rings is 1. The highest BCUT2D eigenvalue weighted by Crippen LogP contribution is 2.18. The molecule has 4 heteroatoms. The van der Waals surface area contributed by atoms with E-state index < -0.39 is 0 Å². The normalized spacial score (nSPS) is 23.3. The Balaban J connectivity index is 1.62. The lowest BCUT2D eigenvalue weighted by atomic mass is 10.3. The van der Waals surface area contributed by atoms with Gasteiger partial charge in [-0.1, -0.05) is 6.92 Å². The summed E-state index contributed by atoms with van der Waals surface area (Å²) in [4.78, 5) is 16.4. The van der Waals surface area contributed by atoms with Crippen molar-refractivity contribution in [1.29, 1.82) is 0 Å². The van der Waals surface area contributed by atoms with Gasteiger partial charge in [0.05, 0.1) is 6.54 Å². The van der Waals surface area contributed by atoms with Crippen LogP contribution >= 0.6 is 0 Å². The maximum absolute atomic E-state index is 11.6. The minimum absolute atomic E-state index is 0.214. The van der Waals surface area contributed by atoms with Crippen molar-refractivity contribution in [3.05, 3.63) is 0 Å². The highest BCUT2D eigenvalue weighted by Gasteiger charge is 2.25. The predicted molar refractivity (Wildman–Crippen MR) is 64.3 cm³/mol. The fourth-order valence-corrected chi connectivity index (χ4v) is 2.19. The molecule has 0 aromatic rings. The molecule has 4 nitrogen and oxygen atoms in total. The van der Waals surface area contributed by atoms with Crippen molar-refractivity contribution >= 4 is 5.91 Å². The predicted octanol–water partition coefficient (Wildman–Crippen LogP) is 0.293. The Hall–Kier alpha value is -0.610. The fourth-order valence-electron chi connectivity index (χ4n) is 2.19. The second-order valence-corrected chi connectivity index (χ2v) is 4.96. The van der Waals surface area contributed by atoms with Crippen LogP contribution in [0.5, 0.6) is 0 Å². The molecule has 16 heavy (non-hydrogen) atoms. The van der Waals surface area contributed by atoms with Crippen molar-refractivity contribution in [2.75, 3.05) is 39.3 Å². The SMILES string of the molecule is CCCN1CCN(CC(=O)NC2CC2)CC1. The molecule has 0 unspecified atom stereocenters. The summed E-state index contributed by atoms with van der Waals surface area (Å²) in [7, 11) is 0. The first-order valence-corrected chi connectivity index (χ1v) is 6.52. The van der Waals surface area contributed by atoms with Crippen LogP contribution in [0.25, 0.3) is 0 Å². The van der Waals surface area contributed by atoms with E-state index in [9.17, 15) is 4.79 Å². The molecule has 1 saturated carbocycles. The van der Waals surface area contributed by atoms with Gasteiger partial charge in [-0.15, -0.1) is 0 Å². The lowest BCUT2D eigenvalue weighted by Gasteiger charge is -2.34. The van der Waals surface area contributed by atoms with Gasteiger partial charge in [0.2, 0.25) is 5.91 Å². The number of nitrogens with zero attached hydrogens (tertiary/aromatic N) is 2. The van der Waals surface area contributed by atoms with E-state index in [0.29, 0.717) is 12.6 Å². The van der Waals surface area contributed by atoms with Gasteiger partial charge in [0.1, 0.15) is 0 Å².